The normalized spacial score (nSPS) is 19.9. The highest BCUT2D eigenvalue weighted by Crippen LogP contribution is 2.19. The second kappa shape index (κ2) is 7.61. The van der Waals surface area contributed by atoms with Gasteiger partial charge in [0.05, 0.1) is 0 Å². The molecule has 118 valence electrons. The van der Waals surface area contributed by atoms with Crippen LogP contribution in [0.1, 0.15) is 33.6 Å². The van der Waals surface area contributed by atoms with Crippen LogP contribution in [0.25, 0.3) is 0 Å². The molecule has 1 aromatic carbocycles. The van der Waals surface area contributed by atoms with Crippen molar-refractivity contribution in [2.45, 2.75) is 45.2 Å². The number of hydrogen-bond donors (Lipinski definition) is 1. The molecule has 0 bridgehead atoms. The summed E-state index contributed by atoms with van der Waals surface area (Å²) in [7, 11) is 0. The molecule has 3 nitrogen and oxygen atoms in total. The molecule has 0 radical (unpaired) electrons. The standard InChI is InChI=1S/C17H27BrN2O/c1-17(2,3)19-13-15-7-5-9-20(15)10-11-21-16-8-4-6-14(18)12-16/h4,6,8,12,15,19H,5,7,9-11,13H2,1-3H3. The Hall–Kier alpha value is -0.580. The van der Waals surface area contributed by atoms with E-state index in [-0.39, 0.29) is 5.54 Å². The molecule has 0 amide bonds. The third-order valence-electron chi connectivity index (χ3n) is 3.81. The van der Waals surface area contributed by atoms with E-state index in [4.69, 9.17) is 4.74 Å². The van der Waals surface area contributed by atoms with Crippen LogP contribution in [0.2, 0.25) is 0 Å². The van der Waals surface area contributed by atoms with E-state index in [1.165, 1.54) is 19.4 Å². The van der Waals surface area contributed by atoms with Gasteiger partial charge in [0.2, 0.25) is 0 Å². The molecule has 21 heavy (non-hydrogen) atoms. The molecule has 0 aromatic heterocycles. The predicted octanol–water partition coefficient (Wildman–Crippen LogP) is 3.68. The van der Waals surface area contributed by atoms with E-state index < -0.39 is 0 Å². The lowest BCUT2D eigenvalue weighted by Crippen LogP contribution is -2.46. The van der Waals surface area contributed by atoms with E-state index in [2.05, 4.69) is 46.9 Å². The Kier molecular flexibility index (Phi) is 6.08. The first kappa shape index (κ1) is 16.8. The van der Waals surface area contributed by atoms with E-state index in [0.717, 1.165) is 29.9 Å². The minimum Gasteiger partial charge on any atom is -0.492 e. The number of benzene rings is 1. The van der Waals surface area contributed by atoms with Gasteiger partial charge in [0, 0.05) is 29.1 Å². The number of nitrogens with zero attached hydrogens (tertiary/aromatic N) is 1. The fraction of sp³-hybridized carbons (Fsp3) is 0.647. The molecule has 1 aromatic rings. The first-order valence-electron chi connectivity index (χ1n) is 7.81. The smallest absolute Gasteiger partial charge is 0.120 e. The summed E-state index contributed by atoms with van der Waals surface area (Å²) in [6.45, 7) is 10.7. The molecule has 1 aliphatic heterocycles. The topological polar surface area (TPSA) is 24.5 Å². The third-order valence-corrected chi connectivity index (χ3v) is 4.30. The van der Waals surface area contributed by atoms with Crippen molar-refractivity contribution in [3.05, 3.63) is 28.7 Å². The Morgan fingerprint density at radius 2 is 2.19 bits per heavy atom. The first-order chi connectivity index (χ1) is 9.94. The lowest BCUT2D eigenvalue weighted by Gasteiger charge is -2.29. The number of likely N-dealkylation sites (tertiary alicyclic amines) is 1. The van der Waals surface area contributed by atoms with Gasteiger partial charge in [-0.15, -0.1) is 0 Å². The zero-order chi connectivity index (χ0) is 15.3. The second-order valence-corrected chi connectivity index (χ2v) is 7.68. The Morgan fingerprint density at radius 3 is 2.90 bits per heavy atom. The largest absolute Gasteiger partial charge is 0.492 e. The molecule has 2 rings (SSSR count). The van der Waals surface area contributed by atoms with Gasteiger partial charge in [-0.2, -0.15) is 0 Å². The number of halogens is 1. The molecule has 1 aliphatic rings. The molecule has 1 heterocycles. The Morgan fingerprint density at radius 1 is 1.38 bits per heavy atom. The maximum atomic E-state index is 5.85. The van der Waals surface area contributed by atoms with Crippen molar-refractivity contribution < 1.29 is 4.74 Å². The summed E-state index contributed by atoms with van der Waals surface area (Å²) >= 11 is 3.47. The summed E-state index contributed by atoms with van der Waals surface area (Å²) in [5.41, 5.74) is 0.196. The van der Waals surface area contributed by atoms with Gasteiger partial charge in [-0.1, -0.05) is 22.0 Å². The van der Waals surface area contributed by atoms with Gasteiger partial charge in [-0.25, -0.2) is 0 Å². The summed E-state index contributed by atoms with van der Waals surface area (Å²) in [4.78, 5) is 2.55. The summed E-state index contributed by atoms with van der Waals surface area (Å²) in [6.07, 6.45) is 2.59. The molecular formula is C17H27BrN2O. The van der Waals surface area contributed by atoms with Crippen LogP contribution in [0.5, 0.6) is 5.75 Å². The lowest BCUT2D eigenvalue weighted by molar-refractivity contribution is 0.187. The molecule has 0 saturated carbocycles. The molecule has 1 fully saturated rings. The summed E-state index contributed by atoms with van der Waals surface area (Å²) in [5.74, 6) is 0.938. The minimum absolute atomic E-state index is 0.196. The minimum atomic E-state index is 0.196. The maximum Gasteiger partial charge on any atom is 0.120 e. The summed E-state index contributed by atoms with van der Waals surface area (Å²) in [5, 5.41) is 3.62. The van der Waals surface area contributed by atoms with Crippen molar-refractivity contribution in [1.82, 2.24) is 10.2 Å². The van der Waals surface area contributed by atoms with E-state index in [1.54, 1.807) is 0 Å². The fourth-order valence-electron chi connectivity index (χ4n) is 2.68. The highest BCUT2D eigenvalue weighted by molar-refractivity contribution is 9.10. The van der Waals surface area contributed by atoms with Crippen LogP contribution in [0, 0.1) is 0 Å². The Balaban J connectivity index is 1.74. The molecule has 0 aliphatic carbocycles. The predicted molar refractivity (Wildman–Crippen MR) is 92.0 cm³/mol. The zero-order valence-corrected chi connectivity index (χ0v) is 14.9. The van der Waals surface area contributed by atoms with Crippen molar-refractivity contribution in [2.75, 3.05) is 26.2 Å². The van der Waals surface area contributed by atoms with Crippen molar-refractivity contribution in [3.63, 3.8) is 0 Å². The van der Waals surface area contributed by atoms with Crippen LogP contribution in [-0.2, 0) is 0 Å². The summed E-state index contributed by atoms with van der Waals surface area (Å²) in [6, 6.07) is 8.69. The van der Waals surface area contributed by atoms with Crippen LogP contribution in [0.15, 0.2) is 28.7 Å². The molecule has 1 N–H and O–H groups in total. The van der Waals surface area contributed by atoms with Gasteiger partial charge >= 0.3 is 0 Å². The highest BCUT2D eigenvalue weighted by Gasteiger charge is 2.25. The third kappa shape index (κ3) is 5.97. The summed E-state index contributed by atoms with van der Waals surface area (Å²) < 4.78 is 6.91. The molecule has 1 saturated heterocycles. The molecular weight excluding hydrogens is 328 g/mol. The first-order valence-corrected chi connectivity index (χ1v) is 8.61. The molecule has 4 heteroatoms. The van der Waals surface area contributed by atoms with Gasteiger partial charge in [0.1, 0.15) is 12.4 Å². The van der Waals surface area contributed by atoms with Crippen LogP contribution >= 0.6 is 15.9 Å². The second-order valence-electron chi connectivity index (χ2n) is 6.77. The number of hydrogen-bond acceptors (Lipinski definition) is 3. The monoisotopic (exact) mass is 354 g/mol. The molecule has 1 unspecified atom stereocenters. The molecule has 1 atom stereocenters. The average Bonchev–Trinajstić information content (AvgIpc) is 2.83. The Bertz CT molecular complexity index is 445. The average molecular weight is 355 g/mol. The van der Waals surface area contributed by atoms with Crippen LogP contribution in [0.3, 0.4) is 0 Å². The van der Waals surface area contributed by atoms with Gasteiger partial charge in [-0.3, -0.25) is 4.90 Å². The molecule has 0 spiro atoms. The van der Waals surface area contributed by atoms with Gasteiger partial charge in [0.15, 0.2) is 0 Å². The van der Waals surface area contributed by atoms with E-state index in [9.17, 15) is 0 Å². The Labute approximate surface area is 137 Å². The quantitative estimate of drug-likeness (QED) is 0.843. The van der Waals surface area contributed by atoms with E-state index >= 15 is 0 Å². The van der Waals surface area contributed by atoms with Crippen molar-refractivity contribution in [1.29, 1.82) is 0 Å². The number of nitrogens with one attached hydrogen (secondary N) is 1. The van der Waals surface area contributed by atoms with Gasteiger partial charge < -0.3 is 10.1 Å². The fourth-order valence-corrected chi connectivity index (χ4v) is 3.06. The van der Waals surface area contributed by atoms with Gasteiger partial charge in [-0.05, 0) is 58.4 Å². The van der Waals surface area contributed by atoms with Crippen LogP contribution in [0.4, 0.5) is 0 Å². The lowest BCUT2D eigenvalue weighted by atomic mass is 10.1. The maximum absolute atomic E-state index is 5.85. The van der Waals surface area contributed by atoms with E-state index in [1.807, 2.05) is 24.3 Å². The van der Waals surface area contributed by atoms with Crippen molar-refractivity contribution in [2.24, 2.45) is 0 Å². The van der Waals surface area contributed by atoms with Gasteiger partial charge in [0.25, 0.3) is 0 Å². The number of rotatable bonds is 6. The van der Waals surface area contributed by atoms with Crippen molar-refractivity contribution >= 4 is 15.9 Å². The zero-order valence-electron chi connectivity index (χ0n) is 13.4. The van der Waals surface area contributed by atoms with Crippen LogP contribution in [-0.4, -0.2) is 42.7 Å². The van der Waals surface area contributed by atoms with E-state index in [0.29, 0.717) is 6.04 Å². The SMILES string of the molecule is CC(C)(C)NCC1CCCN1CCOc1cccc(Br)c1. The van der Waals surface area contributed by atoms with Crippen molar-refractivity contribution in [3.8, 4) is 5.75 Å². The van der Waals surface area contributed by atoms with Crippen LogP contribution < -0.4 is 10.1 Å². The number of ether oxygens (including phenoxy) is 1. The highest BCUT2D eigenvalue weighted by atomic mass is 79.9.